The molecule has 0 bridgehead atoms. The quantitative estimate of drug-likeness (QED) is 0.846. The van der Waals surface area contributed by atoms with Crippen LogP contribution in [0.1, 0.15) is 47.4 Å². The molecular formula is C20H29N3O2. The van der Waals surface area contributed by atoms with Gasteiger partial charge in [-0.2, -0.15) is 0 Å². The Morgan fingerprint density at radius 3 is 2.24 bits per heavy atom. The fourth-order valence-corrected chi connectivity index (χ4v) is 3.79. The zero-order valence-electron chi connectivity index (χ0n) is 15.4. The second kappa shape index (κ2) is 8.00. The lowest BCUT2D eigenvalue weighted by molar-refractivity contribution is 0.0643. The monoisotopic (exact) mass is 343 g/mol. The summed E-state index contributed by atoms with van der Waals surface area (Å²) in [4.78, 5) is 31.7. The molecule has 2 aliphatic heterocycles. The Morgan fingerprint density at radius 1 is 1.00 bits per heavy atom. The molecule has 2 heterocycles. The van der Waals surface area contributed by atoms with E-state index >= 15 is 0 Å². The van der Waals surface area contributed by atoms with Gasteiger partial charge in [-0.3, -0.25) is 9.59 Å². The molecule has 0 spiro atoms. The Hall–Kier alpha value is -1.88. The SMILES string of the molecule is CCN1CCN(C(=O)c2cccc(C(=O)N3CCCC(C)C3)c2)CC1. The van der Waals surface area contributed by atoms with E-state index in [-0.39, 0.29) is 11.8 Å². The summed E-state index contributed by atoms with van der Waals surface area (Å²) in [6, 6.07) is 7.25. The molecule has 5 heteroatoms. The number of benzene rings is 1. The highest BCUT2D eigenvalue weighted by molar-refractivity contribution is 5.99. The Kier molecular flexibility index (Phi) is 5.74. The third kappa shape index (κ3) is 4.21. The number of carbonyl (C=O) groups is 2. The average molecular weight is 343 g/mol. The first-order valence-corrected chi connectivity index (χ1v) is 9.49. The number of hydrogen-bond donors (Lipinski definition) is 0. The van der Waals surface area contributed by atoms with E-state index in [0.717, 1.165) is 52.2 Å². The molecule has 5 nitrogen and oxygen atoms in total. The van der Waals surface area contributed by atoms with Crippen molar-refractivity contribution in [2.75, 3.05) is 45.8 Å². The van der Waals surface area contributed by atoms with Gasteiger partial charge in [0.15, 0.2) is 0 Å². The molecule has 136 valence electrons. The highest BCUT2D eigenvalue weighted by Crippen LogP contribution is 2.19. The molecule has 1 aromatic carbocycles. The van der Waals surface area contributed by atoms with Crippen LogP contribution in [0, 0.1) is 5.92 Å². The van der Waals surface area contributed by atoms with Crippen molar-refractivity contribution in [1.29, 1.82) is 0 Å². The van der Waals surface area contributed by atoms with E-state index < -0.39 is 0 Å². The minimum Gasteiger partial charge on any atom is -0.338 e. The summed E-state index contributed by atoms with van der Waals surface area (Å²) in [6.45, 7) is 10.4. The number of nitrogens with zero attached hydrogens (tertiary/aromatic N) is 3. The van der Waals surface area contributed by atoms with E-state index in [0.29, 0.717) is 17.0 Å². The van der Waals surface area contributed by atoms with Crippen LogP contribution in [0.2, 0.25) is 0 Å². The van der Waals surface area contributed by atoms with Crippen LogP contribution < -0.4 is 0 Å². The number of piperazine rings is 1. The van der Waals surface area contributed by atoms with Gasteiger partial charge in [-0.15, -0.1) is 0 Å². The summed E-state index contributed by atoms with van der Waals surface area (Å²) in [5.74, 6) is 0.645. The molecule has 1 unspecified atom stereocenters. The van der Waals surface area contributed by atoms with Gasteiger partial charge in [-0.05, 0) is 43.5 Å². The van der Waals surface area contributed by atoms with Gasteiger partial charge >= 0.3 is 0 Å². The molecule has 2 amide bonds. The highest BCUT2D eigenvalue weighted by Gasteiger charge is 2.24. The van der Waals surface area contributed by atoms with Crippen molar-refractivity contribution in [3.8, 4) is 0 Å². The van der Waals surface area contributed by atoms with E-state index in [9.17, 15) is 9.59 Å². The van der Waals surface area contributed by atoms with Gasteiger partial charge in [0, 0.05) is 50.4 Å². The Bertz CT molecular complexity index is 623. The van der Waals surface area contributed by atoms with Crippen LogP contribution in [0.15, 0.2) is 24.3 Å². The first kappa shape index (κ1) is 17.9. The maximum Gasteiger partial charge on any atom is 0.253 e. The lowest BCUT2D eigenvalue weighted by Gasteiger charge is -2.34. The summed E-state index contributed by atoms with van der Waals surface area (Å²) < 4.78 is 0. The number of hydrogen-bond acceptors (Lipinski definition) is 3. The summed E-state index contributed by atoms with van der Waals surface area (Å²) in [5, 5.41) is 0. The third-order valence-corrected chi connectivity index (χ3v) is 5.41. The standard InChI is InChI=1S/C20H29N3O2/c1-3-21-10-12-22(13-11-21)19(24)17-7-4-8-18(14-17)20(25)23-9-5-6-16(2)15-23/h4,7-8,14,16H,3,5-6,9-13,15H2,1-2H3. The molecule has 0 aromatic heterocycles. The molecule has 25 heavy (non-hydrogen) atoms. The van der Waals surface area contributed by atoms with Crippen LogP contribution in [0.25, 0.3) is 0 Å². The Morgan fingerprint density at radius 2 is 1.64 bits per heavy atom. The van der Waals surface area contributed by atoms with Gasteiger partial charge in [-0.1, -0.05) is 19.9 Å². The highest BCUT2D eigenvalue weighted by atomic mass is 16.2. The minimum atomic E-state index is 0.0393. The molecule has 2 aliphatic rings. The molecular weight excluding hydrogens is 314 g/mol. The van der Waals surface area contributed by atoms with Crippen molar-refractivity contribution >= 4 is 11.8 Å². The van der Waals surface area contributed by atoms with Gasteiger partial charge < -0.3 is 14.7 Å². The lowest BCUT2D eigenvalue weighted by atomic mass is 9.99. The number of likely N-dealkylation sites (tertiary alicyclic amines) is 1. The molecule has 2 fully saturated rings. The Labute approximate surface area is 150 Å². The van der Waals surface area contributed by atoms with Crippen molar-refractivity contribution in [2.24, 2.45) is 5.92 Å². The van der Waals surface area contributed by atoms with Crippen LogP contribution >= 0.6 is 0 Å². The predicted octanol–water partition coefficient (Wildman–Crippen LogP) is 2.34. The van der Waals surface area contributed by atoms with Crippen LogP contribution in [0.3, 0.4) is 0 Å². The maximum atomic E-state index is 12.8. The predicted molar refractivity (Wildman–Crippen MR) is 98.8 cm³/mol. The molecule has 1 atom stereocenters. The zero-order chi connectivity index (χ0) is 17.8. The second-order valence-electron chi connectivity index (χ2n) is 7.31. The van der Waals surface area contributed by atoms with Gasteiger partial charge in [0.2, 0.25) is 0 Å². The van der Waals surface area contributed by atoms with Gasteiger partial charge in [-0.25, -0.2) is 0 Å². The zero-order valence-corrected chi connectivity index (χ0v) is 15.4. The summed E-state index contributed by atoms with van der Waals surface area (Å²) in [7, 11) is 0. The van der Waals surface area contributed by atoms with Gasteiger partial charge in [0.25, 0.3) is 11.8 Å². The molecule has 2 saturated heterocycles. The van der Waals surface area contributed by atoms with E-state index in [1.807, 2.05) is 28.0 Å². The van der Waals surface area contributed by atoms with E-state index in [4.69, 9.17) is 0 Å². The van der Waals surface area contributed by atoms with Crippen molar-refractivity contribution in [2.45, 2.75) is 26.7 Å². The van der Waals surface area contributed by atoms with Crippen molar-refractivity contribution in [3.63, 3.8) is 0 Å². The van der Waals surface area contributed by atoms with E-state index in [1.165, 1.54) is 6.42 Å². The number of rotatable bonds is 3. The number of amides is 2. The lowest BCUT2D eigenvalue weighted by Crippen LogP contribution is -2.48. The van der Waals surface area contributed by atoms with Gasteiger partial charge in [0.1, 0.15) is 0 Å². The summed E-state index contributed by atoms with van der Waals surface area (Å²) in [5.41, 5.74) is 1.26. The summed E-state index contributed by atoms with van der Waals surface area (Å²) >= 11 is 0. The average Bonchev–Trinajstić information content (AvgIpc) is 2.67. The van der Waals surface area contributed by atoms with Crippen molar-refractivity contribution in [1.82, 2.24) is 14.7 Å². The van der Waals surface area contributed by atoms with Gasteiger partial charge in [0.05, 0.1) is 0 Å². The van der Waals surface area contributed by atoms with Crippen LogP contribution in [0.5, 0.6) is 0 Å². The molecule has 1 aromatic rings. The molecule has 3 rings (SSSR count). The first-order valence-electron chi connectivity index (χ1n) is 9.49. The smallest absolute Gasteiger partial charge is 0.253 e. The topological polar surface area (TPSA) is 43.9 Å². The van der Waals surface area contributed by atoms with Crippen molar-refractivity contribution < 1.29 is 9.59 Å². The van der Waals surface area contributed by atoms with Crippen LogP contribution in [0.4, 0.5) is 0 Å². The van der Waals surface area contributed by atoms with E-state index in [2.05, 4.69) is 18.7 Å². The second-order valence-corrected chi connectivity index (χ2v) is 7.31. The number of carbonyl (C=O) groups excluding carboxylic acids is 2. The first-order chi connectivity index (χ1) is 12.1. The normalized spacial score (nSPS) is 22.1. The fourth-order valence-electron chi connectivity index (χ4n) is 3.79. The molecule has 0 N–H and O–H groups in total. The number of likely N-dealkylation sites (N-methyl/N-ethyl adjacent to an activating group) is 1. The molecule has 0 aliphatic carbocycles. The Balaban J connectivity index is 1.68. The molecule has 0 saturated carbocycles. The van der Waals surface area contributed by atoms with Crippen molar-refractivity contribution in [3.05, 3.63) is 35.4 Å². The number of piperidine rings is 1. The van der Waals surface area contributed by atoms with Crippen LogP contribution in [-0.2, 0) is 0 Å². The minimum absolute atomic E-state index is 0.0393. The van der Waals surface area contributed by atoms with Crippen LogP contribution in [-0.4, -0.2) is 72.3 Å². The maximum absolute atomic E-state index is 12.8. The van der Waals surface area contributed by atoms with E-state index in [1.54, 1.807) is 6.07 Å². The largest absolute Gasteiger partial charge is 0.338 e. The molecule has 0 radical (unpaired) electrons. The summed E-state index contributed by atoms with van der Waals surface area (Å²) in [6.07, 6.45) is 2.25. The fraction of sp³-hybridized carbons (Fsp3) is 0.600. The third-order valence-electron chi connectivity index (χ3n) is 5.41.